The Balaban J connectivity index is 3.13. The van der Waals surface area contributed by atoms with E-state index in [0.717, 1.165) is 14.1 Å². The molecular weight excluding hydrogens is 215 g/mol. The highest BCUT2D eigenvalue weighted by molar-refractivity contribution is 5.97. The number of alkyl halides is 3. The maximum Gasteiger partial charge on any atom is 0.425 e. The molecule has 0 aliphatic carbocycles. The molecule has 0 saturated carbocycles. The first-order valence-electron chi connectivity index (χ1n) is 4.01. The lowest BCUT2D eigenvalue weighted by molar-refractivity contribution is -0.227. The molecule has 0 radical (unpaired) electrons. The van der Waals surface area contributed by atoms with Gasteiger partial charge in [0.2, 0.25) is 5.91 Å². The van der Waals surface area contributed by atoms with Crippen molar-refractivity contribution in [2.24, 2.45) is 5.73 Å². The summed E-state index contributed by atoms with van der Waals surface area (Å²) in [5.74, 6) is -0.946. The Bertz CT molecular complexity index is 317. The average molecular weight is 225 g/mol. The monoisotopic (exact) mass is 225 g/mol. The van der Waals surface area contributed by atoms with Crippen LogP contribution in [0.25, 0.3) is 0 Å². The Morgan fingerprint density at radius 2 is 1.80 bits per heavy atom. The third kappa shape index (κ3) is 1.54. The Hall–Kier alpha value is -1.31. The molecule has 1 saturated heterocycles. The first-order valence-corrected chi connectivity index (χ1v) is 4.01. The van der Waals surface area contributed by atoms with Crippen molar-refractivity contribution in [2.45, 2.75) is 18.3 Å². The maximum atomic E-state index is 12.6. The second kappa shape index (κ2) is 3.09. The maximum absolute atomic E-state index is 12.6. The van der Waals surface area contributed by atoms with Crippen LogP contribution in [0.2, 0.25) is 0 Å². The lowest BCUT2D eigenvalue weighted by atomic mass is 10.0. The zero-order chi connectivity index (χ0) is 12.0. The lowest BCUT2D eigenvalue weighted by Gasteiger charge is -2.44. The Kier molecular flexibility index (Phi) is 2.42. The molecule has 1 heterocycles. The number of imide groups is 1. The minimum atomic E-state index is -4.84. The van der Waals surface area contributed by atoms with Gasteiger partial charge in [-0.3, -0.25) is 9.69 Å². The molecule has 2 N–H and O–H groups in total. The lowest BCUT2D eigenvalue weighted by Crippen LogP contribution is -2.72. The first kappa shape index (κ1) is 11.8. The summed E-state index contributed by atoms with van der Waals surface area (Å²) in [6.45, 7) is 0. The van der Waals surface area contributed by atoms with Crippen molar-refractivity contribution in [3.63, 3.8) is 0 Å². The molecule has 8 heteroatoms. The number of nitrogens with two attached hydrogens (primary N) is 1. The number of hydrogen-bond donors (Lipinski definition) is 1. The summed E-state index contributed by atoms with van der Waals surface area (Å²) in [6, 6.07) is -1.06. The summed E-state index contributed by atoms with van der Waals surface area (Å²) in [5, 5.41) is 0. The summed E-state index contributed by atoms with van der Waals surface area (Å²) >= 11 is 0. The highest BCUT2D eigenvalue weighted by Crippen LogP contribution is 2.36. The number of hydrogen-bond acceptors (Lipinski definition) is 3. The van der Waals surface area contributed by atoms with Crippen LogP contribution in [0.1, 0.15) is 6.42 Å². The van der Waals surface area contributed by atoms with Crippen LogP contribution < -0.4 is 5.73 Å². The van der Waals surface area contributed by atoms with E-state index in [1.807, 2.05) is 0 Å². The van der Waals surface area contributed by atoms with Crippen molar-refractivity contribution in [3.05, 3.63) is 0 Å². The van der Waals surface area contributed by atoms with Gasteiger partial charge in [-0.1, -0.05) is 0 Å². The molecule has 15 heavy (non-hydrogen) atoms. The fourth-order valence-electron chi connectivity index (χ4n) is 1.26. The van der Waals surface area contributed by atoms with Gasteiger partial charge in [-0.15, -0.1) is 0 Å². The Morgan fingerprint density at radius 1 is 1.33 bits per heavy atom. The van der Waals surface area contributed by atoms with E-state index < -0.39 is 30.2 Å². The first-order chi connectivity index (χ1) is 6.61. The van der Waals surface area contributed by atoms with E-state index in [2.05, 4.69) is 0 Å². The van der Waals surface area contributed by atoms with Crippen LogP contribution in [-0.2, 0) is 4.79 Å². The third-order valence-corrected chi connectivity index (χ3v) is 2.46. The van der Waals surface area contributed by atoms with Gasteiger partial charge in [0.25, 0.3) is 0 Å². The molecule has 1 fully saturated rings. The molecule has 0 aromatic carbocycles. The number of amides is 3. The van der Waals surface area contributed by atoms with E-state index in [1.165, 1.54) is 0 Å². The van der Waals surface area contributed by atoms with Crippen molar-refractivity contribution in [3.8, 4) is 0 Å². The van der Waals surface area contributed by atoms with Crippen LogP contribution in [0, 0.1) is 0 Å². The molecule has 1 unspecified atom stereocenters. The zero-order valence-electron chi connectivity index (χ0n) is 8.13. The van der Waals surface area contributed by atoms with E-state index in [9.17, 15) is 22.8 Å². The van der Waals surface area contributed by atoms with Gasteiger partial charge in [-0.25, -0.2) is 4.79 Å². The molecule has 0 aromatic rings. The fourth-order valence-corrected chi connectivity index (χ4v) is 1.26. The van der Waals surface area contributed by atoms with Crippen LogP contribution in [-0.4, -0.2) is 47.7 Å². The summed E-state index contributed by atoms with van der Waals surface area (Å²) in [7, 11) is 2.02. The molecule has 1 rings (SSSR count). The number of halogens is 3. The van der Waals surface area contributed by atoms with E-state index in [0.29, 0.717) is 9.80 Å². The predicted molar refractivity (Wildman–Crippen MR) is 43.5 cm³/mol. The van der Waals surface area contributed by atoms with Gasteiger partial charge in [-0.05, 0) is 0 Å². The van der Waals surface area contributed by atoms with E-state index in [1.54, 1.807) is 0 Å². The van der Waals surface area contributed by atoms with Crippen molar-refractivity contribution in [1.82, 2.24) is 9.80 Å². The summed E-state index contributed by atoms with van der Waals surface area (Å²) in [6.07, 6.45) is -5.80. The molecule has 0 aromatic heterocycles. The van der Waals surface area contributed by atoms with E-state index >= 15 is 0 Å². The quantitative estimate of drug-likeness (QED) is 0.636. The van der Waals surface area contributed by atoms with Crippen molar-refractivity contribution < 1.29 is 22.8 Å². The van der Waals surface area contributed by atoms with Gasteiger partial charge in [0.05, 0.1) is 6.42 Å². The Labute approximate surface area is 83.6 Å². The molecule has 0 spiro atoms. The summed E-state index contributed by atoms with van der Waals surface area (Å²) < 4.78 is 37.7. The van der Waals surface area contributed by atoms with Gasteiger partial charge >= 0.3 is 12.2 Å². The van der Waals surface area contributed by atoms with Crippen LogP contribution >= 0.6 is 0 Å². The van der Waals surface area contributed by atoms with Gasteiger partial charge in [0, 0.05) is 14.1 Å². The molecule has 1 aliphatic heterocycles. The van der Waals surface area contributed by atoms with Crippen LogP contribution in [0.15, 0.2) is 0 Å². The van der Waals surface area contributed by atoms with Crippen molar-refractivity contribution in [2.75, 3.05) is 14.1 Å². The smallest absolute Gasteiger partial charge is 0.300 e. The summed E-state index contributed by atoms with van der Waals surface area (Å²) in [4.78, 5) is 23.3. The minimum absolute atomic E-state index is 0.328. The van der Waals surface area contributed by atoms with Crippen LogP contribution in [0.4, 0.5) is 18.0 Å². The zero-order valence-corrected chi connectivity index (χ0v) is 8.13. The van der Waals surface area contributed by atoms with E-state index in [4.69, 9.17) is 5.73 Å². The van der Waals surface area contributed by atoms with Crippen molar-refractivity contribution >= 4 is 11.9 Å². The largest absolute Gasteiger partial charge is 0.425 e. The average Bonchev–Trinajstić information content (AvgIpc) is 2.10. The van der Waals surface area contributed by atoms with Gasteiger partial charge in [0.1, 0.15) is 0 Å². The molecule has 3 amide bonds. The van der Waals surface area contributed by atoms with Crippen molar-refractivity contribution in [1.29, 1.82) is 0 Å². The van der Waals surface area contributed by atoms with Gasteiger partial charge in [-0.2, -0.15) is 13.2 Å². The molecule has 0 bridgehead atoms. The summed E-state index contributed by atoms with van der Waals surface area (Å²) in [5.41, 5.74) is 2.15. The molecule has 1 atom stereocenters. The number of urea groups is 1. The number of nitrogens with zero attached hydrogens (tertiary/aromatic N) is 2. The fraction of sp³-hybridized carbons (Fsp3) is 0.714. The Morgan fingerprint density at radius 3 is 2.20 bits per heavy atom. The predicted octanol–water partition coefficient (Wildman–Crippen LogP) is 0.118. The van der Waals surface area contributed by atoms with Crippen LogP contribution in [0.3, 0.4) is 0 Å². The molecule has 5 nitrogen and oxygen atoms in total. The van der Waals surface area contributed by atoms with Crippen LogP contribution in [0.5, 0.6) is 0 Å². The normalized spacial score (nSPS) is 28.7. The van der Waals surface area contributed by atoms with E-state index in [-0.39, 0.29) is 0 Å². The second-order valence-corrected chi connectivity index (χ2v) is 3.39. The molecular formula is C7H10F3N3O2. The SMILES string of the molecule is CN1C(=O)CC(N)(C(F)(F)F)N(C)C1=O. The minimum Gasteiger partial charge on any atom is -0.300 e. The highest BCUT2D eigenvalue weighted by atomic mass is 19.4. The standard InChI is InChI=1S/C7H10F3N3O2/c1-12-4(14)3-6(11,7(8,9)10)13(2)5(12)15/h3,11H2,1-2H3. The molecule has 86 valence electrons. The molecule has 1 aliphatic rings. The number of carbonyl (C=O) groups excluding carboxylic acids is 2. The van der Waals surface area contributed by atoms with Gasteiger partial charge in [0.15, 0.2) is 5.66 Å². The number of carbonyl (C=O) groups is 2. The third-order valence-electron chi connectivity index (χ3n) is 2.46. The van der Waals surface area contributed by atoms with Gasteiger partial charge < -0.3 is 10.6 Å². The second-order valence-electron chi connectivity index (χ2n) is 3.39. The highest BCUT2D eigenvalue weighted by Gasteiger charge is 2.60. The number of rotatable bonds is 0. The topological polar surface area (TPSA) is 66.6 Å².